The number of rotatable bonds is 18. The van der Waals surface area contributed by atoms with Gasteiger partial charge in [-0.1, -0.05) is 68.3 Å². The number of nitrogens with two attached hydrogens (primary N) is 4. The van der Waals surface area contributed by atoms with Crippen molar-refractivity contribution in [2.45, 2.75) is 76.0 Å². The molecule has 1 aromatic heterocycles. The van der Waals surface area contributed by atoms with Crippen molar-refractivity contribution in [2.24, 2.45) is 27.9 Å². The lowest BCUT2D eigenvalue weighted by molar-refractivity contribution is -0.133. The number of nitrogens with one attached hydrogen (secondary N) is 4. The number of unbranched alkanes of at least 4 members (excludes halogenated alkanes) is 1. The maximum atomic E-state index is 13.7. The van der Waals surface area contributed by atoms with E-state index >= 15 is 0 Å². The van der Waals surface area contributed by atoms with Crippen LogP contribution in [0.2, 0.25) is 0 Å². The minimum Gasteiger partial charge on any atom is -0.370 e. The van der Waals surface area contributed by atoms with Gasteiger partial charge < -0.3 is 43.9 Å². The molecule has 0 saturated carbocycles. The van der Waals surface area contributed by atoms with E-state index < -0.39 is 47.8 Å². The number of nitrogens with zero attached hydrogens (tertiary/aromatic N) is 1. The van der Waals surface area contributed by atoms with Crippen LogP contribution in [0.25, 0.3) is 10.9 Å². The fourth-order valence-electron chi connectivity index (χ4n) is 4.98. The number of benzene rings is 2. The third-order valence-electron chi connectivity index (χ3n) is 7.45. The van der Waals surface area contributed by atoms with E-state index in [-0.39, 0.29) is 31.8 Å². The van der Waals surface area contributed by atoms with Gasteiger partial charge in [-0.05, 0) is 42.9 Å². The molecule has 0 fully saturated rings. The van der Waals surface area contributed by atoms with Crippen molar-refractivity contribution in [1.82, 2.24) is 20.9 Å². The molecule has 2 aromatic carbocycles. The number of fused-ring (bicyclic) bond motifs is 1. The van der Waals surface area contributed by atoms with Crippen LogP contribution < -0.4 is 38.9 Å². The van der Waals surface area contributed by atoms with Crippen LogP contribution in [-0.2, 0) is 32.0 Å². The number of amides is 4. The van der Waals surface area contributed by atoms with Crippen molar-refractivity contribution in [3.63, 3.8) is 0 Å². The highest BCUT2D eigenvalue weighted by Crippen LogP contribution is 2.19. The van der Waals surface area contributed by atoms with Crippen molar-refractivity contribution < 1.29 is 19.2 Å². The summed E-state index contributed by atoms with van der Waals surface area (Å²) in [4.78, 5) is 59.5. The number of H-pyrrole nitrogens is 1. The topological polar surface area (TPSA) is 237 Å². The zero-order valence-corrected chi connectivity index (χ0v) is 25.6. The van der Waals surface area contributed by atoms with Crippen molar-refractivity contribution in [3.8, 4) is 0 Å². The number of primary amides is 1. The molecule has 3 aromatic rings. The van der Waals surface area contributed by atoms with Crippen molar-refractivity contribution >= 4 is 40.5 Å². The number of carbonyl (C=O) groups is 4. The molecular formula is C32H45N9O4. The molecular weight excluding hydrogens is 574 g/mol. The highest BCUT2D eigenvalue weighted by atomic mass is 16.2. The second-order valence-electron chi connectivity index (χ2n) is 11.0. The van der Waals surface area contributed by atoms with Crippen molar-refractivity contribution in [1.29, 1.82) is 0 Å². The summed E-state index contributed by atoms with van der Waals surface area (Å²) in [6.45, 7) is 2.22. The minimum atomic E-state index is -1.02. The monoisotopic (exact) mass is 619 g/mol. The Labute approximate surface area is 262 Å². The Morgan fingerprint density at radius 3 is 2.09 bits per heavy atom. The van der Waals surface area contributed by atoms with Crippen LogP contribution in [0.4, 0.5) is 0 Å². The molecule has 0 aliphatic carbocycles. The molecule has 45 heavy (non-hydrogen) atoms. The van der Waals surface area contributed by atoms with E-state index in [1.54, 1.807) is 0 Å². The molecule has 3 rings (SSSR count). The Kier molecular flexibility index (Phi) is 13.4. The SMILES string of the molecule is CCCC[C@@H](NC(=O)[C@@H](Cc1ccccc1)NC(=O)[C@H](N)Cc1c[nH]c2ccccc12)C(=O)N[C@H](CCCN=C(N)N)C(N)=O. The summed E-state index contributed by atoms with van der Waals surface area (Å²) in [5, 5.41) is 9.22. The molecule has 0 aliphatic heterocycles. The average Bonchev–Trinajstić information content (AvgIpc) is 3.42. The second kappa shape index (κ2) is 17.4. The van der Waals surface area contributed by atoms with Gasteiger partial charge in [0.2, 0.25) is 23.6 Å². The summed E-state index contributed by atoms with van der Waals surface area (Å²) in [6.07, 6.45) is 4.60. The van der Waals surface area contributed by atoms with Gasteiger partial charge in [-0.25, -0.2) is 0 Å². The molecule has 0 bridgehead atoms. The number of guanidine groups is 1. The van der Waals surface area contributed by atoms with Gasteiger partial charge in [0.05, 0.1) is 6.04 Å². The summed E-state index contributed by atoms with van der Waals surface area (Å²) < 4.78 is 0. The highest BCUT2D eigenvalue weighted by Gasteiger charge is 2.30. The van der Waals surface area contributed by atoms with Gasteiger partial charge >= 0.3 is 0 Å². The first-order valence-electron chi connectivity index (χ1n) is 15.2. The maximum Gasteiger partial charge on any atom is 0.243 e. The minimum absolute atomic E-state index is 0.0759. The number of carbonyl (C=O) groups excluding carboxylic acids is 4. The van der Waals surface area contributed by atoms with Crippen LogP contribution in [0.5, 0.6) is 0 Å². The predicted molar refractivity (Wildman–Crippen MR) is 175 cm³/mol. The maximum absolute atomic E-state index is 13.7. The van der Waals surface area contributed by atoms with Crippen LogP contribution in [0.15, 0.2) is 65.8 Å². The fraction of sp³-hybridized carbons (Fsp3) is 0.406. The molecule has 0 radical (unpaired) electrons. The molecule has 0 unspecified atom stereocenters. The summed E-state index contributed by atoms with van der Waals surface area (Å²) >= 11 is 0. The molecule has 12 N–H and O–H groups in total. The molecule has 0 spiro atoms. The molecule has 13 nitrogen and oxygen atoms in total. The van der Waals surface area contributed by atoms with Crippen LogP contribution in [0.3, 0.4) is 0 Å². The smallest absolute Gasteiger partial charge is 0.243 e. The van der Waals surface area contributed by atoms with Gasteiger partial charge in [0.1, 0.15) is 18.1 Å². The molecule has 13 heteroatoms. The summed E-state index contributed by atoms with van der Waals surface area (Å²) in [5.74, 6) is -2.39. The summed E-state index contributed by atoms with van der Waals surface area (Å²) in [6, 6.07) is 13.1. The first-order chi connectivity index (χ1) is 21.6. The third-order valence-corrected chi connectivity index (χ3v) is 7.45. The Morgan fingerprint density at radius 1 is 0.778 bits per heavy atom. The second-order valence-corrected chi connectivity index (χ2v) is 11.0. The predicted octanol–water partition coefficient (Wildman–Crippen LogP) is 0.464. The van der Waals surface area contributed by atoms with E-state index in [1.165, 1.54) is 0 Å². The standard InChI is InChI=1S/C32H45N9O4/c1-2-3-13-26(30(44)39-25(28(34)42)15-9-16-37-32(35)36)40-31(45)27(17-20-10-5-4-6-11-20)41-29(43)23(33)18-21-19-38-24-14-8-7-12-22(21)24/h4-8,10-12,14,19,23,25-27,38H,2-3,9,13,15-18,33H2,1H3,(H2,34,42)(H,39,44)(H,40,45)(H,41,43)(H4,35,36,37)/t23-,25-,26-,27-/m1/s1. The zero-order valence-electron chi connectivity index (χ0n) is 25.6. The van der Waals surface area contributed by atoms with E-state index in [9.17, 15) is 19.2 Å². The number of hydrogen-bond acceptors (Lipinski definition) is 6. The normalized spacial score (nSPS) is 13.6. The lowest BCUT2D eigenvalue weighted by Gasteiger charge is -2.25. The quantitative estimate of drug-likeness (QED) is 0.0568. The van der Waals surface area contributed by atoms with E-state index in [2.05, 4.69) is 25.9 Å². The largest absolute Gasteiger partial charge is 0.370 e. The number of hydrogen-bond donors (Lipinski definition) is 8. The Balaban J connectivity index is 1.73. The van der Waals surface area contributed by atoms with Gasteiger partial charge in [0.25, 0.3) is 0 Å². The number of para-hydroxylation sites is 1. The Morgan fingerprint density at radius 2 is 1.40 bits per heavy atom. The first-order valence-corrected chi connectivity index (χ1v) is 15.2. The van der Waals surface area contributed by atoms with E-state index in [1.807, 2.05) is 67.7 Å². The lowest BCUT2D eigenvalue weighted by Crippen LogP contribution is -2.58. The molecule has 0 saturated heterocycles. The van der Waals surface area contributed by atoms with E-state index in [0.29, 0.717) is 19.3 Å². The zero-order chi connectivity index (χ0) is 32.8. The van der Waals surface area contributed by atoms with Crippen LogP contribution in [0.1, 0.15) is 50.2 Å². The molecule has 4 atom stereocenters. The molecule has 4 amide bonds. The molecule has 0 aliphatic rings. The average molecular weight is 620 g/mol. The van der Waals surface area contributed by atoms with E-state index in [4.69, 9.17) is 22.9 Å². The summed E-state index contributed by atoms with van der Waals surface area (Å²) in [7, 11) is 0. The van der Waals surface area contributed by atoms with E-state index in [0.717, 1.165) is 28.5 Å². The van der Waals surface area contributed by atoms with Crippen LogP contribution in [0, 0.1) is 0 Å². The molecule has 1 heterocycles. The van der Waals surface area contributed by atoms with Crippen molar-refractivity contribution in [3.05, 3.63) is 71.9 Å². The van der Waals surface area contributed by atoms with Gasteiger partial charge in [-0.15, -0.1) is 0 Å². The first kappa shape index (κ1) is 34.6. The van der Waals surface area contributed by atoms with Gasteiger partial charge in [0, 0.05) is 30.1 Å². The Bertz CT molecular complexity index is 1450. The molecule has 242 valence electrons. The highest BCUT2D eigenvalue weighted by molar-refractivity contribution is 5.95. The van der Waals surface area contributed by atoms with Gasteiger partial charge in [0.15, 0.2) is 5.96 Å². The van der Waals surface area contributed by atoms with Crippen LogP contribution in [-0.4, -0.2) is 65.3 Å². The third kappa shape index (κ3) is 10.9. The van der Waals surface area contributed by atoms with Gasteiger partial charge in [-0.3, -0.25) is 24.2 Å². The fourth-order valence-corrected chi connectivity index (χ4v) is 4.98. The number of aromatic amines is 1. The Hall–Kier alpha value is -4.91. The number of aromatic nitrogens is 1. The van der Waals surface area contributed by atoms with Gasteiger partial charge in [-0.2, -0.15) is 0 Å². The lowest BCUT2D eigenvalue weighted by atomic mass is 10.0. The summed E-state index contributed by atoms with van der Waals surface area (Å²) in [5.41, 5.74) is 25.2. The van der Waals surface area contributed by atoms with Crippen molar-refractivity contribution in [2.75, 3.05) is 6.54 Å². The van der Waals surface area contributed by atoms with Crippen LogP contribution >= 0.6 is 0 Å². The number of aliphatic imine (C=N–C) groups is 1.